The van der Waals surface area contributed by atoms with E-state index in [1.165, 1.54) is 5.52 Å². The number of piperazine rings is 1. The zero-order valence-corrected chi connectivity index (χ0v) is 13.5. The lowest BCUT2D eigenvalue weighted by molar-refractivity contribution is 0.0603. The third kappa shape index (κ3) is 2.92. The third-order valence-electron chi connectivity index (χ3n) is 4.58. The molecule has 0 spiro atoms. The molecule has 0 N–H and O–H groups in total. The predicted octanol–water partition coefficient (Wildman–Crippen LogP) is 2.09. The van der Waals surface area contributed by atoms with Crippen molar-refractivity contribution in [2.45, 2.75) is 6.54 Å². The highest BCUT2D eigenvalue weighted by Gasteiger charge is 2.23. The fourth-order valence-electron chi connectivity index (χ4n) is 3.17. The van der Waals surface area contributed by atoms with Crippen LogP contribution in [-0.4, -0.2) is 58.0 Å². The molecule has 0 saturated carbocycles. The number of amides is 1. The van der Waals surface area contributed by atoms with E-state index >= 15 is 0 Å². The molecular weight excluding hydrogens is 304 g/mol. The summed E-state index contributed by atoms with van der Waals surface area (Å²) in [4.78, 5) is 20.9. The monoisotopic (exact) mass is 324 g/mol. The van der Waals surface area contributed by atoms with Crippen molar-refractivity contribution in [1.82, 2.24) is 19.4 Å². The second kappa shape index (κ2) is 6.49. The normalized spacial score (nSPS) is 15.9. The van der Waals surface area contributed by atoms with Crippen LogP contribution in [0.5, 0.6) is 0 Å². The molecule has 0 bridgehead atoms. The molecule has 6 nitrogen and oxygen atoms in total. The first-order chi connectivity index (χ1) is 11.8. The molecule has 0 atom stereocenters. The summed E-state index contributed by atoms with van der Waals surface area (Å²) in [5.41, 5.74) is 2.20. The third-order valence-corrected chi connectivity index (χ3v) is 4.58. The Morgan fingerprint density at radius 1 is 1.04 bits per heavy atom. The van der Waals surface area contributed by atoms with Crippen molar-refractivity contribution >= 4 is 16.9 Å². The van der Waals surface area contributed by atoms with Gasteiger partial charge in [0.25, 0.3) is 5.91 Å². The highest BCUT2D eigenvalue weighted by molar-refractivity contribution is 5.91. The highest BCUT2D eigenvalue weighted by atomic mass is 16.3. The average Bonchev–Trinajstić information content (AvgIpc) is 3.30. The molecule has 4 rings (SSSR count). The Bertz CT molecular complexity index is 817. The predicted molar refractivity (Wildman–Crippen MR) is 90.8 cm³/mol. The number of imidazole rings is 1. The summed E-state index contributed by atoms with van der Waals surface area (Å²) in [5.74, 6) is 0.411. The number of carbonyl (C=O) groups excluding carboxylic acids is 1. The van der Waals surface area contributed by atoms with Crippen LogP contribution in [0.3, 0.4) is 0 Å². The van der Waals surface area contributed by atoms with Gasteiger partial charge in [-0.15, -0.1) is 0 Å². The number of furan rings is 1. The second-order valence-corrected chi connectivity index (χ2v) is 6.04. The lowest BCUT2D eigenvalue weighted by Gasteiger charge is -2.34. The van der Waals surface area contributed by atoms with E-state index in [1.54, 1.807) is 18.4 Å². The summed E-state index contributed by atoms with van der Waals surface area (Å²) in [5, 5.41) is 0. The van der Waals surface area contributed by atoms with Crippen molar-refractivity contribution in [1.29, 1.82) is 0 Å². The molecule has 1 amide bonds. The van der Waals surface area contributed by atoms with Gasteiger partial charge in [-0.05, 0) is 24.3 Å². The van der Waals surface area contributed by atoms with Gasteiger partial charge in [0.15, 0.2) is 5.76 Å². The number of para-hydroxylation sites is 2. The summed E-state index contributed by atoms with van der Waals surface area (Å²) in [7, 11) is 0. The maximum absolute atomic E-state index is 12.3. The fourth-order valence-corrected chi connectivity index (χ4v) is 3.17. The summed E-state index contributed by atoms with van der Waals surface area (Å²) in [6.45, 7) is 5.13. The minimum atomic E-state index is -0.0137. The standard InChI is InChI=1S/C18H20N4O2/c23-18(17-6-3-13-24-17)21-10-7-20(8-11-21)9-12-22-14-19-15-4-1-2-5-16(15)22/h1-6,13-14H,7-12H2. The number of nitrogens with zero attached hydrogens (tertiary/aromatic N) is 4. The van der Waals surface area contributed by atoms with E-state index in [4.69, 9.17) is 4.42 Å². The highest BCUT2D eigenvalue weighted by Crippen LogP contribution is 2.13. The van der Waals surface area contributed by atoms with Crippen LogP contribution in [0.4, 0.5) is 0 Å². The molecule has 1 fully saturated rings. The van der Waals surface area contributed by atoms with E-state index in [9.17, 15) is 4.79 Å². The van der Waals surface area contributed by atoms with Crippen molar-refractivity contribution in [3.8, 4) is 0 Å². The van der Waals surface area contributed by atoms with Gasteiger partial charge in [0.05, 0.1) is 23.6 Å². The van der Waals surface area contributed by atoms with Crippen LogP contribution in [0, 0.1) is 0 Å². The molecule has 6 heteroatoms. The molecular formula is C18H20N4O2. The van der Waals surface area contributed by atoms with Crippen molar-refractivity contribution in [3.63, 3.8) is 0 Å². The van der Waals surface area contributed by atoms with E-state index in [2.05, 4.69) is 20.5 Å². The van der Waals surface area contributed by atoms with Gasteiger partial charge in [0.1, 0.15) is 0 Å². The minimum absolute atomic E-state index is 0.0137. The Morgan fingerprint density at radius 2 is 1.88 bits per heavy atom. The minimum Gasteiger partial charge on any atom is -0.459 e. The average molecular weight is 324 g/mol. The van der Waals surface area contributed by atoms with Gasteiger partial charge in [-0.3, -0.25) is 9.69 Å². The summed E-state index contributed by atoms with van der Waals surface area (Å²) < 4.78 is 7.39. The van der Waals surface area contributed by atoms with E-state index in [1.807, 2.05) is 29.4 Å². The zero-order chi connectivity index (χ0) is 16.4. The summed E-state index contributed by atoms with van der Waals surface area (Å²) >= 11 is 0. The first-order valence-electron chi connectivity index (χ1n) is 8.26. The molecule has 0 unspecified atom stereocenters. The van der Waals surface area contributed by atoms with Crippen LogP contribution in [0.1, 0.15) is 10.6 Å². The van der Waals surface area contributed by atoms with Gasteiger partial charge >= 0.3 is 0 Å². The van der Waals surface area contributed by atoms with Crippen LogP contribution >= 0.6 is 0 Å². The molecule has 0 radical (unpaired) electrons. The first kappa shape index (κ1) is 15.0. The van der Waals surface area contributed by atoms with E-state index in [0.29, 0.717) is 5.76 Å². The summed E-state index contributed by atoms with van der Waals surface area (Å²) in [6.07, 6.45) is 3.44. The molecule has 1 aliphatic rings. The summed E-state index contributed by atoms with van der Waals surface area (Å²) in [6, 6.07) is 11.7. The van der Waals surface area contributed by atoms with Gasteiger partial charge in [0.2, 0.25) is 0 Å². The van der Waals surface area contributed by atoms with E-state index < -0.39 is 0 Å². The number of aromatic nitrogens is 2. The first-order valence-corrected chi connectivity index (χ1v) is 8.26. The molecule has 1 saturated heterocycles. The lowest BCUT2D eigenvalue weighted by Crippen LogP contribution is -2.49. The van der Waals surface area contributed by atoms with E-state index in [-0.39, 0.29) is 5.91 Å². The molecule has 3 aromatic rings. The smallest absolute Gasteiger partial charge is 0.289 e. The van der Waals surface area contributed by atoms with Gasteiger partial charge in [-0.1, -0.05) is 12.1 Å². The lowest BCUT2D eigenvalue weighted by atomic mass is 10.2. The van der Waals surface area contributed by atoms with Gasteiger partial charge in [0, 0.05) is 39.3 Å². The van der Waals surface area contributed by atoms with Crippen LogP contribution < -0.4 is 0 Å². The zero-order valence-electron chi connectivity index (χ0n) is 13.5. The fraction of sp³-hybridized carbons (Fsp3) is 0.333. The van der Waals surface area contributed by atoms with Gasteiger partial charge in [-0.25, -0.2) is 4.98 Å². The number of fused-ring (bicyclic) bond motifs is 1. The van der Waals surface area contributed by atoms with Gasteiger partial charge in [-0.2, -0.15) is 0 Å². The molecule has 24 heavy (non-hydrogen) atoms. The molecule has 124 valence electrons. The van der Waals surface area contributed by atoms with Crippen LogP contribution in [0.25, 0.3) is 11.0 Å². The van der Waals surface area contributed by atoms with Crippen LogP contribution in [0.15, 0.2) is 53.4 Å². The maximum Gasteiger partial charge on any atom is 0.289 e. The largest absolute Gasteiger partial charge is 0.459 e. The van der Waals surface area contributed by atoms with E-state index in [0.717, 1.165) is 44.8 Å². The van der Waals surface area contributed by atoms with Crippen molar-refractivity contribution in [2.75, 3.05) is 32.7 Å². The maximum atomic E-state index is 12.3. The molecule has 3 heterocycles. The molecule has 0 aliphatic carbocycles. The second-order valence-electron chi connectivity index (χ2n) is 6.04. The Hall–Kier alpha value is -2.60. The Labute approximate surface area is 140 Å². The number of benzene rings is 1. The molecule has 1 aromatic carbocycles. The van der Waals surface area contributed by atoms with Crippen molar-refractivity contribution < 1.29 is 9.21 Å². The number of hydrogen-bond acceptors (Lipinski definition) is 4. The Kier molecular flexibility index (Phi) is 4.04. The van der Waals surface area contributed by atoms with Crippen LogP contribution in [0.2, 0.25) is 0 Å². The topological polar surface area (TPSA) is 54.5 Å². The van der Waals surface area contributed by atoms with Crippen molar-refractivity contribution in [3.05, 3.63) is 54.7 Å². The SMILES string of the molecule is O=C(c1ccco1)N1CCN(CCn2cnc3ccccc32)CC1. The number of hydrogen-bond donors (Lipinski definition) is 0. The molecule has 1 aliphatic heterocycles. The number of rotatable bonds is 4. The Morgan fingerprint density at radius 3 is 2.67 bits per heavy atom. The van der Waals surface area contributed by atoms with Crippen LogP contribution in [-0.2, 0) is 6.54 Å². The number of carbonyl (C=O) groups is 1. The quantitative estimate of drug-likeness (QED) is 0.737. The molecule has 2 aromatic heterocycles. The Balaban J connectivity index is 1.31. The van der Waals surface area contributed by atoms with Gasteiger partial charge < -0.3 is 13.9 Å². The van der Waals surface area contributed by atoms with Crippen molar-refractivity contribution in [2.24, 2.45) is 0 Å².